The average molecular weight is 563 g/mol. The average Bonchev–Trinajstić information content (AvgIpc) is 3.45. The number of anilines is 3. The number of hydrogen-bond acceptors (Lipinski definition) is 1. The summed E-state index contributed by atoms with van der Waals surface area (Å²) in [4.78, 5) is 2.41. The number of benzene rings is 7. The number of para-hydroxylation sites is 2. The van der Waals surface area contributed by atoms with Gasteiger partial charge in [-0.2, -0.15) is 0 Å². The maximum Gasteiger partial charge on any atom is 0.0562 e. The van der Waals surface area contributed by atoms with Crippen LogP contribution in [0.1, 0.15) is 0 Å². The van der Waals surface area contributed by atoms with Crippen LogP contribution in [0.4, 0.5) is 17.1 Å². The summed E-state index contributed by atoms with van der Waals surface area (Å²) in [7, 11) is 0. The van der Waals surface area contributed by atoms with Crippen LogP contribution in [0.15, 0.2) is 182 Å². The number of rotatable bonds is 6. The Hall–Kier alpha value is -5.86. The first-order chi connectivity index (χ1) is 21.9. The lowest BCUT2D eigenvalue weighted by Crippen LogP contribution is -2.10. The predicted octanol–water partition coefficient (Wildman–Crippen LogP) is 11.6. The molecule has 0 amide bonds. The van der Waals surface area contributed by atoms with Crippen molar-refractivity contribution in [3.63, 3.8) is 0 Å². The van der Waals surface area contributed by atoms with Crippen molar-refractivity contribution in [3.05, 3.63) is 182 Å². The Morgan fingerprint density at radius 3 is 1.59 bits per heavy atom. The normalized spacial score (nSPS) is 11.2. The Labute approximate surface area is 257 Å². The second-order valence-corrected chi connectivity index (χ2v) is 11.0. The molecule has 0 radical (unpaired) electrons. The highest BCUT2D eigenvalue weighted by atomic mass is 15.1. The Morgan fingerprint density at radius 2 is 0.886 bits per heavy atom. The molecule has 44 heavy (non-hydrogen) atoms. The topological polar surface area (TPSA) is 8.17 Å². The van der Waals surface area contributed by atoms with Gasteiger partial charge in [0, 0.05) is 27.8 Å². The molecule has 0 saturated heterocycles. The lowest BCUT2D eigenvalue weighted by Gasteiger charge is -2.27. The van der Waals surface area contributed by atoms with Gasteiger partial charge in [-0.05, 0) is 76.9 Å². The van der Waals surface area contributed by atoms with Crippen LogP contribution in [-0.4, -0.2) is 4.57 Å². The highest BCUT2D eigenvalue weighted by molar-refractivity contribution is 6.21. The lowest BCUT2D eigenvalue weighted by molar-refractivity contribution is 1.18. The van der Waals surface area contributed by atoms with Crippen LogP contribution in [-0.2, 0) is 0 Å². The van der Waals surface area contributed by atoms with Crippen molar-refractivity contribution in [1.29, 1.82) is 0 Å². The molecule has 0 bridgehead atoms. The zero-order valence-corrected chi connectivity index (χ0v) is 24.2. The number of fused-ring (bicyclic) bond motifs is 3. The summed E-state index contributed by atoms with van der Waals surface area (Å²) < 4.78 is 2.41. The molecule has 8 rings (SSSR count). The molecule has 0 saturated carbocycles. The van der Waals surface area contributed by atoms with Crippen LogP contribution in [0.25, 0.3) is 49.7 Å². The minimum Gasteiger partial charge on any atom is -0.310 e. The summed E-state index contributed by atoms with van der Waals surface area (Å²) in [5.41, 5.74) is 11.7. The number of nitrogens with zero attached hydrogens (tertiary/aromatic N) is 2. The molecule has 0 spiro atoms. The largest absolute Gasteiger partial charge is 0.310 e. The Morgan fingerprint density at radius 1 is 0.364 bits per heavy atom. The standard InChI is InChI=1S/C42H30N2/c1-5-16-31(17-6-1)33-20-13-25-36(30-33)43(34-21-9-3-10-22-34)39-28-15-29-40-42(39)41-37(32-18-7-2-8-19-32)26-14-27-38(41)44(40)35-23-11-4-12-24-35/h1-30H. The molecule has 7 aromatic carbocycles. The quantitative estimate of drug-likeness (QED) is 0.196. The lowest BCUT2D eigenvalue weighted by atomic mass is 9.98. The molecule has 0 atom stereocenters. The highest BCUT2D eigenvalue weighted by Gasteiger charge is 2.23. The summed E-state index contributed by atoms with van der Waals surface area (Å²) >= 11 is 0. The van der Waals surface area contributed by atoms with E-state index < -0.39 is 0 Å². The summed E-state index contributed by atoms with van der Waals surface area (Å²) in [6.45, 7) is 0. The van der Waals surface area contributed by atoms with Crippen molar-refractivity contribution in [1.82, 2.24) is 4.57 Å². The second-order valence-electron chi connectivity index (χ2n) is 11.0. The van der Waals surface area contributed by atoms with Gasteiger partial charge in [0.05, 0.1) is 16.7 Å². The third kappa shape index (κ3) is 4.45. The monoisotopic (exact) mass is 562 g/mol. The first-order valence-corrected chi connectivity index (χ1v) is 15.0. The molecule has 1 heterocycles. The van der Waals surface area contributed by atoms with Crippen LogP contribution in [0, 0.1) is 0 Å². The van der Waals surface area contributed by atoms with Crippen molar-refractivity contribution in [2.75, 3.05) is 4.90 Å². The highest BCUT2D eigenvalue weighted by Crippen LogP contribution is 2.46. The molecule has 0 unspecified atom stereocenters. The molecule has 208 valence electrons. The zero-order chi connectivity index (χ0) is 29.3. The SMILES string of the molecule is c1ccc(-c2cccc(N(c3ccccc3)c3cccc4c3c3c(-c5ccccc5)cccc3n4-c3ccccc3)c2)cc1. The van der Waals surface area contributed by atoms with Crippen molar-refractivity contribution < 1.29 is 0 Å². The smallest absolute Gasteiger partial charge is 0.0562 e. The fourth-order valence-corrected chi connectivity index (χ4v) is 6.45. The minimum absolute atomic E-state index is 1.11. The molecular formula is C42H30N2. The van der Waals surface area contributed by atoms with E-state index in [1.54, 1.807) is 0 Å². The number of hydrogen-bond donors (Lipinski definition) is 0. The Bertz CT molecular complexity index is 2200. The third-order valence-corrected chi connectivity index (χ3v) is 8.36. The van der Waals surface area contributed by atoms with Gasteiger partial charge in [-0.15, -0.1) is 0 Å². The molecule has 0 fully saturated rings. The van der Waals surface area contributed by atoms with E-state index in [9.17, 15) is 0 Å². The van der Waals surface area contributed by atoms with Crippen LogP contribution in [0.3, 0.4) is 0 Å². The molecule has 8 aromatic rings. The summed E-state index contributed by atoms with van der Waals surface area (Å²) in [5, 5.41) is 2.47. The van der Waals surface area contributed by atoms with Gasteiger partial charge in [0.2, 0.25) is 0 Å². The van der Waals surface area contributed by atoms with Crippen molar-refractivity contribution in [2.24, 2.45) is 0 Å². The van der Waals surface area contributed by atoms with E-state index in [0.717, 1.165) is 22.7 Å². The molecule has 0 aliphatic carbocycles. The van der Waals surface area contributed by atoms with Crippen molar-refractivity contribution in [3.8, 4) is 27.9 Å². The van der Waals surface area contributed by atoms with Gasteiger partial charge in [-0.3, -0.25) is 0 Å². The van der Waals surface area contributed by atoms with Gasteiger partial charge in [0.25, 0.3) is 0 Å². The second kappa shape index (κ2) is 11.1. The molecule has 0 N–H and O–H groups in total. The molecular weight excluding hydrogens is 532 g/mol. The van der Waals surface area contributed by atoms with E-state index >= 15 is 0 Å². The molecule has 0 aliphatic rings. The fourth-order valence-electron chi connectivity index (χ4n) is 6.45. The first kappa shape index (κ1) is 25.8. The minimum atomic E-state index is 1.11. The Balaban J connectivity index is 1.48. The molecule has 2 nitrogen and oxygen atoms in total. The predicted molar refractivity (Wildman–Crippen MR) is 186 cm³/mol. The van der Waals surface area contributed by atoms with E-state index in [0.29, 0.717) is 0 Å². The van der Waals surface area contributed by atoms with Crippen LogP contribution in [0.2, 0.25) is 0 Å². The van der Waals surface area contributed by atoms with E-state index in [1.165, 1.54) is 44.1 Å². The molecule has 0 aliphatic heterocycles. The maximum absolute atomic E-state index is 2.41. The maximum atomic E-state index is 2.41. The summed E-state index contributed by atoms with van der Waals surface area (Å²) in [5.74, 6) is 0. The van der Waals surface area contributed by atoms with Crippen molar-refractivity contribution in [2.45, 2.75) is 0 Å². The van der Waals surface area contributed by atoms with E-state index in [2.05, 4.69) is 191 Å². The van der Waals surface area contributed by atoms with Crippen LogP contribution < -0.4 is 4.90 Å². The van der Waals surface area contributed by atoms with Gasteiger partial charge in [-0.25, -0.2) is 0 Å². The summed E-state index contributed by atoms with van der Waals surface area (Å²) in [6.07, 6.45) is 0. The van der Waals surface area contributed by atoms with Gasteiger partial charge in [-0.1, -0.05) is 127 Å². The molecule has 2 heteroatoms. The van der Waals surface area contributed by atoms with Gasteiger partial charge < -0.3 is 9.47 Å². The van der Waals surface area contributed by atoms with Crippen LogP contribution >= 0.6 is 0 Å². The van der Waals surface area contributed by atoms with Gasteiger partial charge in [0.1, 0.15) is 0 Å². The van der Waals surface area contributed by atoms with Gasteiger partial charge in [0.15, 0.2) is 0 Å². The third-order valence-electron chi connectivity index (χ3n) is 8.36. The van der Waals surface area contributed by atoms with E-state index in [-0.39, 0.29) is 0 Å². The van der Waals surface area contributed by atoms with E-state index in [4.69, 9.17) is 0 Å². The zero-order valence-electron chi connectivity index (χ0n) is 24.2. The first-order valence-electron chi connectivity index (χ1n) is 15.0. The fraction of sp³-hybridized carbons (Fsp3) is 0. The summed E-state index contributed by atoms with van der Waals surface area (Å²) in [6, 6.07) is 65.0. The van der Waals surface area contributed by atoms with Crippen molar-refractivity contribution >= 4 is 38.9 Å². The number of aromatic nitrogens is 1. The Kier molecular flexibility index (Phi) is 6.51. The van der Waals surface area contributed by atoms with Gasteiger partial charge >= 0.3 is 0 Å². The molecule has 1 aromatic heterocycles. The van der Waals surface area contributed by atoms with E-state index in [1.807, 2.05) is 0 Å². The van der Waals surface area contributed by atoms with Crippen LogP contribution in [0.5, 0.6) is 0 Å².